The largest absolute Gasteiger partial charge is 0.314 e. The van der Waals surface area contributed by atoms with Gasteiger partial charge in [-0.25, -0.2) is 0 Å². The van der Waals surface area contributed by atoms with Crippen LogP contribution < -0.4 is 5.32 Å². The highest BCUT2D eigenvalue weighted by molar-refractivity contribution is 5.23. The Hall–Kier alpha value is -0.820. The van der Waals surface area contributed by atoms with Gasteiger partial charge in [0.2, 0.25) is 0 Å². The van der Waals surface area contributed by atoms with Crippen LogP contribution in [0.3, 0.4) is 0 Å². The van der Waals surface area contributed by atoms with E-state index in [1.54, 1.807) is 0 Å². The van der Waals surface area contributed by atoms with Crippen LogP contribution in [-0.4, -0.2) is 12.6 Å². The minimum atomic E-state index is 0.584. The summed E-state index contributed by atoms with van der Waals surface area (Å²) in [4.78, 5) is 0. The third-order valence-electron chi connectivity index (χ3n) is 2.63. The SMILES string of the molecule is CC(C)Cc1ccc(CCNC(C)C)cc1. The first kappa shape index (κ1) is 13.2. The normalized spacial score (nSPS) is 11.4. The van der Waals surface area contributed by atoms with Crippen molar-refractivity contribution < 1.29 is 0 Å². The molecule has 0 aliphatic carbocycles. The summed E-state index contributed by atoms with van der Waals surface area (Å²) in [6.07, 6.45) is 2.31. The molecule has 0 saturated carbocycles. The molecule has 1 nitrogen and oxygen atoms in total. The van der Waals surface area contributed by atoms with E-state index in [4.69, 9.17) is 0 Å². The van der Waals surface area contributed by atoms with Crippen molar-refractivity contribution in [2.45, 2.75) is 46.6 Å². The predicted octanol–water partition coefficient (Wildman–Crippen LogP) is 3.43. The number of hydrogen-bond acceptors (Lipinski definition) is 1. The summed E-state index contributed by atoms with van der Waals surface area (Å²) in [6.45, 7) is 9.97. The molecule has 0 saturated heterocycles. The van der Waals surface area contributed by atoms with E-state index < -0.39 is 0 Å². The van der Waals surface area contributed by atoms with Crippen molar-refractivity contribution in [2.24, 2.45) is 5.92 Å². The summed E-state index contributed by atoms with van der Waals surface area (Å²) < 4.78 is 0. The first-order chi connectivity index (χ1) is 7.58. The summed E-state index contributed by atoms with van der Waals surface area (Å²) in [7, 11) is 0. The topological polar surface area (TPSA) is 12.0 Å². The summed E-state index contributed by atoms with van der Waals surface area (Å²) in [5, 5.41) is 3.44. The first-order valence-corrected chi connectivity index (χ1v) is 6.39. The predicted molar refractivity (Wildman–Crippen MR) is 71.8 cm³/mol. The van der Waals surface area contributed by atoms with Crippen molar-refractivity contribution in [2.75, 3.05) is 6.54 Å². The van der Waals surface area contributed by atoms with E-state index in [0.717, 1.165) is 18.9 Å². The lowest BCUT2D eigenvalue weighted by atomic mass is 10.0. The van der Waals surface area contributed by atoms with E-state index in [9.17, 15) is 0 Å². The smallest absolute Gasteiger partial charge is 0.00105 e. The first-order valence-electron chi connectivity index (χ1n) is 6.39. The highest BCUT2D eigenvalue weighted by Gasteiger charge is 1.98. The van der Waals surface area contributed by atoms with E-state index >= 15 is 0 Å². The molecule has 0 amide bonds. The van der Waals surface area contributed by atoms with Crippen molar-refractivity contribution in [3.8, 4) is 0 Å². The molecular weight excluding hydrogens is 194 g/mol. The molecule has 0 spiro atoms. The van der Waals surface area contributed by atoms with E-state index in [0.29, 0.717) is 6.04 Å². The Bertz CT molecular complexity index is 285. The highest BCUT2D eigenvalue weighted by atomic mass is 14.9. The van der Waals surface area contributed by atoms with Crippen molar-refractivity contribution >= 4 is 0 Å². The lowest BCUT2D eigenvalue weighted by molar-refractivity contribution is 0.590. The summed E-state index contributed by atoms with van der Waals surface area (Å²) >= 11 is 0. The number of rotatable bonds is 6. The zero-order chi connectivity index (χ0) is 12.0. The van der Waals surface area contributed by atoms with Gasteiger partial charge in [-0.2, -0.15) is 0 Å². The second-order valence-corrected chi connectivity index (χ2v) is 5.27. The Labute approximate surface area is 100 Å². The third-order valence-corrected chi connectivity index (χ3v) is 2.63. The summed E-state index contributed by atoms with van der Waals surface area (Å²) in [5.74, 6) is 0.744. The summed E-state index contributed by atoms with van der Waals surface area (Å²) in [5.41, 5.74) is 2.89. The van der Waals surface area contributed by atoms with Crippen molar-refractivity contribution in [1.82, 2.24) is 5.32 Å². The van der Waals surface area contributed by atoms with Gasteiger partial charge in [0, 0.05) is 6.04 Å². The second-order valence-electron chi connectivity index (χ2n) is 5.27. The molecule has 0 aliphatic heterocycles. The quantitative estimate of drug-likeness (QED) is 0.773. The van der Waals surface area contributed by atoms with Crippen molar-refractivity contribution in [3.05, 3.63) is 35.4 Å². The maximum atomic E-state index is 3.44. The standard InChI is InChI=1S/C15H25N/c1-12(2)11-15-7-5-14(6-8-15)9-10-16-13(3)4/h5-8,12-13,16H,9-11H2,1-4H3. The number of nitrogens with one attached hydrogen (secondary N) is 1. The average Bonchev–Trinajstić information content (AvgIpc) is 2.19. The molecule has 0 radical (unpaired) electrons. The van der Waals surface area contributed by atoms with Crippen molar-refractivity contribution in [1.29, 1.82) is 0 Å². The lowest BCUT2D eigenvalue weighted by Crippen LogP contribution is -2.24. The Morgan fingerprint density at radius 1 is 0.938 bits per heavy atom. The Balaban J connectivity index is 2.39. The molecule has 1 aromatic carbocycles. The van der Waals surface area contributed by atoms with Gasteiger partial charge in [-0.3, -0.25) is 0 Å². The molecule has 90 valence electrons. The summed E-state index contributed by atoms with van der Waals surface area (Å²) in [6, 6.07) is 9.65. The molecule has 1 rings (SSSR count). The van der Waals surface area contributed by atoms with Gasteiger partial charge >= 0.3 is 0 Å². The van der Waals surface area contributed by atoms with Gasteiger partial charge < -0.3 is 5.32 Å². The fourth-order valence-corrected chi connectivity index (χ4v) is 1.82. The van der Waals surface area contributed by atoms with E-state index in [1.807, 2.05) is 0 Å². The lowest BCUT2D eigenvalue weighted by Gasteiger charge is -2.09. The maximum Gasteiger partial charge on any atom is 0.00105 e. The zero-order valence-corrected chi connectivity index (χ0v) is 11.1. The van der Waals surface area contributed by atoms with Gasteiger partial charge in [0.1, 0.15) is 0 Å². The molecule has 1 aromatic rings. The minimum Gasteiger partial charge on any atom is -0.314 e. The van der Waals surface area contributed by atoms with Gasteiger partial charge in [-0.15, -0.1) is 0 Å². The van der Waals surface area contributed by atoms with Crippen LogP contribution in [-0.2, 0) is 12.8 Å². The molecule has 0 atom stereocenters. The molecule has 0 aromatic heterocycles. The average molecular weight is 219 g/mol. The molecule has 0 bridgehead atoms. The monoisotopic (exact) mass is 219 g/mol. The second kappa shape index (κ2) is 6.70. The van der Waals surface area contributed by atoms with Crippen molar-refractivity contribution in [3.63, 3.8) is 0 Å². The van der Waals surface area contributed by atoms with Crippen LogP contribution >= 0.6 is 0 Å². The number of hydrogen-bond donors (Lipinski definition) is 1. The van der Waals surface area contributed by atoms with Crippen LogP contribution in [0.1, 0.15) is 38.8 Å². The molecule has 1 N–H and O–H groups in total. The van der Waals surface area contributed by atoms with E-state index in [-0.39, 0.29) is 0 Å². The van der Waals surface area contributed by atoms with E-state index in [1.165, 1.54) is 17.5 Å². The van der Waals surface area contributed by atoms with Gasteiger partial charge in [0.05, 0.1) is 0 Å². The van der Waals surface area contributed by atoms with Crippen LogP contribution in [0.5, 0.6) is 0 Å². The molecule has 0 fully saturated rings. The molecule has 0 unspecified atom stereocenters. The minimum absolute atomic E-state index is 0.584. The van der Waals surface area contributed by atoms with Gasteiger partial charge in [0.15, 0.2) is 0 Å². The fraction of sp³-hybridized carbons (Fsp3) is 0.600. The Morgan fingerprint density at radius 2 is 1.50 bits per heavy atom. The molecular formula is C15H25N. The molecule has 0 aliphatic rings. The number of benzene rings is 1. The molecule has 0 heterocycles. The fourth-order valence-electron chi connectivity index (χ4n) is 1.82. The van der Waals surface area contributed by atoms with Gasteiger partial charge in [0.25, 0.3) is 0 Å². The Morgan fingerprint density at radius 3 is 2.00 bits per heavy atom. The van der Waals surface area contributed by atoms with Crippen LogP contribution in [0.25, 0.3) is 0 Å². The molecule has 16 heavy (non-hydrogen) atoms. The zero-order valence-electron chi connectivity index (χ0n) is 11.1. The van der Waals surface area contributed by atoms with E-state index in [2.05, 4.69) is 57.3 Å². The Kier molecular flexibility index (Phi) is 5.54. The van der Waals surface area contributed by atoms with Crippen LogP contribution in [0.15, 0.2) is 24.3 Å². The van der Waals surface area contributed by atoms with Crippen LogP contribution in [0, 0.1) is 5.92 Å². The van der Waals surface area contributed by atoms with Gasteiger partial charge in [-0.05, 0) is 36.4 Å². The maximum absolute atomic E-state index is 3.44. The van der Waals surface area contributed by atoms with Crippen LogP contribution in [0.4, 0.5) is 0 Å². The highest BCUT2D eigenvalue weighted by Crippen LogP contribution is 2.09. The van der Waals surface area contributed by atoms with Gasteiger partial charge in [-0.1, -0.05) is 52.0 Å². The molecule has 1 heteroatoms. The third kappa shape index (κ3) is 5.32. The van der Waals surface area contributed by atoms with Crippen LogP contribution in [0.2, 0.25) is 0 Å².